The number of carbonyl (C=O) groups is 1. The minimum atomic E-state index is -0.154. The predicted octanol–water partition coefficient (Wildman–Crippen LogP) is 3.88. The second-order valence-corrected chi connectivity index (χ2v) is 9.44. The van der Waals surface area contributed by atoms with Gasteiger partial charge in [0.15, 0.2) is 0 Å². The Morgan fingerprint density at radius 3 is 2.56 bits per heavy atom. The lowest BCUT2D eigenvalue weighted by molar-refractivity contribution is -0.121. The van der Waals surface area contributed by atoms with Gasteiger partial charge in [0.05, 0.1) is 11.0 Å². The minimum absolute atomic E-state index is 0.0489. The fourth-order valence-electron chi connectivity index (χ4n) is 4.62. The molecule has 0 radical (unpaired) electrons. The van der Waals surface area contributed by atoms with Crippen LogP contribution in [0.3, 0.4) is 0 Å². The molecule has 180 valence electrons. The van der Waals surface area contributed by atoms with E-state index in [-0.39, 0.29) is 23.7 Å². The molecule has 2 aromatic carbocycles. The molecular weight excluding hydrogens is 431 g/mol. The molecule has 1 fully saturated rings. The molecular formula is C27H33FN4O2. The Morgan fingerprint density at radius 2 is 1.82 bits per heavy atom. The first-order valence-corrected chi connectivity index (χ1v) is 12.0. The van der Waals surface area contributed by atoms with E-state index in [4.69, 9.17) is 0 Å². The normalized spacial score (nSPS) is 15.1. The smallest absolute Gasteiger partial charge is 0.272 e. The molecule has 2 heterocycles. The SMILES string of the molecule is Cc1cc2nc(C)c(=O)n(CCC(=O)NCC3CCN(Cc4ccccc4F)CC3)c2cc1C. The van der Waals surface area contributed by atoms with Crippen LogP contribution in [0.5, 0.6) is 0 Å². The lowest BCUT2D eigenvalue weighted by Crippen LogP contribution is -2.38. The van der Waals surface area contributed by atoms with E-state index in [9.17, 15) is 14.0 Å². The van der Waals surface area contributed by atoms with Crippen LogP contribution in [0, 0.1) is 32.5 Å². The Labute approximate surface area is 199 Å². The molecule has 0 saturated carbocycles. The van der Waals surface area contributed by atoms with Gasteiger partial charge in [0.1, 0.15) is 11.5 Å². The van der Waals surface area contributed by atoms with E-state index in [1.807, 2.05) is 38.1 Å². The van der Waals surface area contributed by atoms with Crippen LogP contribution >= 0.6 is 0 Å². The number of nitrogens with zero attached hydrogens (tertiary/aromatic N) is 3. The van der Waals surface area contributed by atoms with Crippen molar-refractivity contribution in [1.82, 2.24) is 19.8 Å². The third kappa shape index (κ3) is 5.53. The average Bonchev–Trinajstić information content (AvgIpc) is 2.82. The number of carbonyl (C=O) groups excluding carboxylic acids is 1. The fraction of sp³-hybridized carbons (Fsp3) is 0.444. The van der Waals surface area contributed by atoms with Crippen molar-refractivity contribution in [2.75, 3.05) is 19.6 Å². The van der Waals surface area contributed by atoms with Crippen molar-refractivity contribution in [1.29, 1.82) is 0 Å². The third-order valence-corrected chi connectivity index (χ3v) is 6.93. The molecule has 1 aromatic heterocycles. The van der Waals surface area contributed by atoms with E-state index >= 15 is 0 Å². The zero-order chi connectivity index (χ0) is 24.2. The van der Waals surface area contributed by atoms with Crippen LogP contribution in [0.2, 0.25) is 0 Å². The summed E-state index contributed by atoms with van der Waals surface area (Å²) in [6.07, 6.45) is 2.19. The molecule has 0 spiro atoms. The Morgan fingerprint density at radius 1 is 1.12 bits per heavy atom. The molecule has 1 N–H and O–H groups in total. The highest BCUT2D eigenvalue weighted by Gasteiger charge is 2.20. The largest absolute Gasteiger partial charge is 0.356 e. The van der Waals surface area contributed by atoms with Gasteiger partial charge in [0.25, 0.3) is 5.56 Å². The number of piperidine rings is 1. The number of halogens is 1. The number of fused-ring (bicyclic) bond motifs is 1. The number of benzene rings is 2. The Balaban J connectivity index is 1.28. The summed E-state index contributed by atoms with van der Waals surface area (Å²) < 4.78 is 15.6. The minimum Gasteiger partial charge on any atom is -0.356 e. The summed E-state index contributed by atoms with van der Waals surface area (Å²) in [7, 11) is 0. The molecule has 1 saturated heterocycles. The van der Waals surface area contributed by atoms with Gasteiger partial charge >= 0.3 is 0 Å². The average molecular weight is 465 g/mol. The number of hydrogen-bond acceptors (Lipinski definition) is 4. The second-order valence-electron chi connectivity index (χ2n) is 9.44. The first-order valence-electron chi connectivity index (χ1n) is 12.0. The zero-order valence-electron chi connectivity index (χ0n) is 20.2. The van der Waals surface area contributed by atoms with Gasteiger partial charge in [-0.05, 0) is 81.9 Å². The van der Waals surface area contributed by atoms with E-state index in [1.165, 1.54) is 6.07 Å². The highest BCUT2D eigenvalue weighted by molar-refractivity contribution is 5.78. The maximum atomic E-state index is 13.9. The van der Waals surface area contributed by atoms with Crippen molar-refractivity contribution in [2.24, 2.45) is 5.92 Å². The number of amides is 1. The molecule has 0 aliphatic carbocycles. The first kappa shape index (κ1) is 24.1. The molecule has 0 bridgehead atoms. The molecule has 7 heteroatoms. The molecule has 4 rings (SSSR count). The summed E-state index contributed by atoms with van der Waals surface area (Å²) in [5.41, 5.74) is 4.80. The van der Waals surface area contributed by atoms with Gasteiger partial charge in [-0.1, -0.05) is 18.2 Å². The van der Waals surface area contributed by atoms with E-state index in [0.717, 1.165) is 53.7 Å². The summed E-state index contributed by atoms with van der Waals surface area (Å²) in [5.74, 6) is 0.212. The third-order valence-electron chi connectivity index (χ3n) is 6.93. The summed E-state index contributed by atoms with van der Waals surface area (Å²) in [4.78, 5) is 32.0. The van der Waals surface area contributed by atoms with Gasteiger partial charge in [-0.2, -0.15) is 0 Å². The first-order chi connectivity index (χ1) is 16.3. The fourth-order valence-corrected chi connectivity index (χ4v) is 4.62. The van der Waals surface area contributed by atoms with Crippen LogP contribution in [0.4, 0.5) is 4.39 Å². The van der Waals surface area contributed by atoms with Gasteiger partial charge in [-0.25, -0.2) is 9.37 Å². The summed E-state index contributed by atoms with van der Waals surface area (Å²) in [6, 6.07) is 10.9. The van der Waals surface area contributed by atoms with Gasteiger partial charge in [0.2, 0.25) is 5.91 Å². The van der Waals surface area contributed by atoms with Crippen molar-refractivity contribution >= 4 is 16.9 Å². The molecule has 0 unspecified atom stereocenters. The molecule has 34 heavy (non-hydrogen) atoms. The quantitative estimate of drug-likeness (QED) is 0.576. The molecule has 0 atom stereocenters. The van der Waals surface area contributed by atoms with Crippen LogP contribution in [-0.4, -0.2) is 40.0 Å². The van der Waals surface area contributed by atoms with Gasteiger partial charge < -0.3 is 9.88 Å². The molecule has 1 aliphatic heterocycles. The number of likely N-dealkylation sites (tertiary alicyclic amines) is 1. The van der Waals surface area contributed by atoms with Crippen LogP contribution in [-0.2, 0) is 17.9 Å². The topological polar surface area (TPSA) is 67.2 Å². The summed E-state index contributed by atoms with van der Waals surface area (Å²) in [6.45, 7) is 9.13. The van der Waals surface area contributed by atoms with E-state index in [1.54, 1.807) is 17.6 Å². The number of nitrogens with one attached hydrogen (secondary N) is 1. The van der Waals surface area contributed by atoms with Crippen molar-refractivity contribution in [3.63, 3.8) is 0 Å². The number of aryl methyl sites for hydroxylation is 4. The van der Waals surface area contributed by atoms with Gasteiger partial charge in [-0.15, -0.1) is 0 Å². The maximum Gasteiger partial charge on any atom is 0.272 e. The predicted molar refractivity (Wildman–Crippen MR) is 132 cm³/mol. The molecule has 1 amide bonds. The van der Waals surface area contributed by atoms with E-state index < -0.39 is 0 Å². The Hall–Kier alpha value is -3.06. The molecule has 6 nitrogen and oxygen atoms in total. The van der Waals surface area contributed by atoms with Crippen molar-refractivity contribution in [3.8, 4) is 0 Å². The highest BCUT2D eigenvalue weighted by Crippen LogP contribution is 2.20. The molecule has 3 aromatic rings. The van der Waals surface area contributed by atoms with Crippen LogP contribution < -0.4 is 10.9 Å². The molecule has 1 aliphatic rings. The van der Waals surface area contributed by atoms with Crippen molar-refractivity contribution < 1.29 is 9.18 Å². The van der Waals surface area contributed by atoms with Gasteiger partial charge in [0, 0.05) is 31.6 Å². The Bertz CT molecular complexity index is 1250. The van der Waals surface area contributed by atoms with E-state index in [2.05, 4.69) is 15.2 Å². The zero-order valence-corrected chi connectivity index (χ0v) is 20.2. The number of rotatable bonds is 7. The van der Waals surface area contributed by atoms with Crippen molar-refractivity contribution in [2.45, 2.75) is 53.1 Å². The highest BCUT2D eigenvalue weighted by atomic mass is 19.1. The van der Waals surface area contributed by atoms with Crippen LogP contribution in [0.25, 0.3) is 11.0 Å². The summed E-state index contributed by atoms with van der Waals surface area (Å²) in [5, 5.41) is 3.05. The van der Waals surface area contributed by atoms with Crippen molar-refractivity contribution in [3.05, 3.63) is 75.0 Å². The lowest BCUT2D eigenvalue weighted by Gasteiger charge is -2.32. The number of hydrogen-bond donors (Lipinski definition) is 1. The monoisotopic (exact) mass is 464 g/mol. The lowest BCUT2D eigenvalue weighted by atomic mass is 9.96. The summed E-state index contributed by atoms with van der Waals surface area (Å²) >= 11 is 0. The van der Waals surface area contributed by atoms with Crippen LogP contribution in [0.15, 0.2) is 41.2 Å². The number of aromatic nitrogens is 2. The maximum absolute atomic E-state index is 13.9. The van der Waals surface area contributed by atoms with E-state index in [0.29, 0.717) is 31.2 Å². The van der Waals surface area contributed by atoms with Crippen LogP contribution in [0.1, 0.15) is 41.6 Å². The second kappa shape index (κ2) is 10.5. The Kier molecular flexibility index (Phi) is 7.41. The standard InChI is InChI=1S/C27H33FN4O2/c1-18-14-24-25(15-19(18)2)32(27(34)20(3)30-24)13-10-26(33)29-16-21-8-11-31(12-9-21)17-22-6-4-5-7-23(22)28/h4-7,14-15,21H,8-13,16-17H2,1-3H3,(H,29,33). The van der Waals surface area contributed by atoms with Gasteiger partial charge in [-0.3, -0.25) is 14.5 Å².